The van der Waals surface area contributed by atoms with E-state index in [1.54, 1.807) is 23.0 Å². The second kappa shape index (κ2) is 7.49. The van der Waals surface area contributed by atoms with Crippen LogP contribution in [0, 0.1) is 5.82 Å². The predicted molar refractivity (Wildman–Crippen MR) is 76.5 cm³/mol. The zero-order valence-electron chi connectivity index (χ0n) is 11.9. The van der Waals surface area contributed by atoms with Gasteiger partial charge in [-0.3, -0.25) is 0 Å². The van der Waals surface area contributed by atoms with Crippen LogP contribution in [0.3, 0.4) is 0 Å². The molecule has 2 aromatic rings. The smallest absolute Gasteiger partial charge is 0.204 e. The van der Waals surface area contributed by atoms with Gasteiger partial charge in [-0.2, -0.15) is 0 Å². The van der Waals surface area contributed by atoms with Gasteiger partial charge in [-0.1, -0.05) is 28.9 Å². The summed E-state index contributed by atoms with van der Waals surface area (Å²) in [5, 5.41) is 8.12. The van der Waals surface area contributed by atoms with Crippen LogP contribution in [0.25, 0.3) is 0 Å². The van der Waals surface area contributed by atoms with Crippen molar-refractivity contribution < 1.29 is 13.9 Å². The van der Waals surface area contributed by atoms with Gasteiger partial charge in [-0.05, 0) is 25.5 Å². The van der Waals surface area contributed by atoms with Gasteiger partial charge in [-0.25, -0.2) is 9.07 Å². The topological polar surface area (TPSA) is 49.2 Å². The normalized spacial score (nSPS) is 11.3. The van der Waals surface area contributed by atoms with Crippen molar-refractivity contribution in [1.82, 2.24) is 15.0 Å². The Hall–Kier alpha value is -1.50. The first-order chi connectivity index (χ1) is 10.2. The van der Waals surface area contributed by atoms with Crippen LogP contribution in [0.5, 0.6) is 0 Å². The molecule has 0 aliphatic carbocycles. The van der Waals surface area contributed by atoms with Crippen LogP contribution in [0.2, 0.25) is 5.02 Å². The maximum atomic E-state index is 13.4. The van der Waals surface area contributed by atoms with Gasteiger partial charge in [0.1, 0.15) is 11.5 Å². The Morgan fingerprint density at radius 2 is 2.00 bits per heavy atom. The lowest BCUT2D eigenvalue weighted by Gasteiger charge is -2.13. The van der Waals surface area contributed by atoms with E-state index in [4.69, 9.17) is 21.1 Å². The first-order valence-corrected chi connectivity index (χ1v) is 7.09. The molecule has 0 radical (unpaired) electrons. The van der Waals surface area contributed by atoms with E-state index in [0.717, 1.165) is 0 Å². The summed E-state index contributed by atoms with van der Waals surface area (Å²) < 4.78 is 25.9. The number of ether oxygens (including phenoxy) is 2. The van der Waals surface area contributed by atoms with Gasteiger partial charge < -0.3 is 9.47 Å². The molecule has 1 aromatic heterocycles. The third kappa shape index (κ3) is 4.00. The fraction of sp³-hybridized carbons (Fsp3) is 0.429. The number of nitrogens with zero attached hydrogens (tertiary/aromatic N) is 3. The van der Waals surface area contributed by atoms with Gasteiger partial charge in [0.05, 0.1) is 17.8 Å². The Kier molecular flexibility index (Phi) is 5.67. The van der Waals surface area contributed by atoms with E-state index in [2.05, 4.69) is 10.3 Å². The van der Waals surface area contributed by atoms with Crippen LogP contribution in [0.4, 0.5) is 4.39 Å². The molecular formula is C14H17ClFN3O2. The van der Waals surface area contributed by atoms with Crippen molar-refractivity contribution in [2.24, 2.45) is 0 Å². The van der Waals surface area contributed by atoms with Crippen molar-refractivity contribution >= 4 is 11.6 Å². The number of benzene rings is 1. The first kappa shape index (κ1) is 15.9. The fourth-order valence-electron chi connectivity index (χ4n) is 1.87. The Morgan fingerprint density at radius 3 is 2.67 bits per heavy atom. The van der Waals surface area contributed by atoms with Crippen LogP contribution in [-0.4, -0.2) is 28.2 Å². The van der Waals surface area contributed by atoms with E-state index in [1.807, 2.05) is 13.8 Å². The molecule has 21 heavy (non-hydrogen) atoms. The van der Waals surface area contributed by atoms with E-state index >= 15 is 0 Å². The highest BCUT2D eigenvalue weighted by atomic mass is 35.5. The Morgan fingerprint density at radius 1 is 1.29 bits per heavy atom. The minimum absolute atomic E-state index is 0.0979. The molecule has 0 aliphatic rings. The molecule has 0 aliphatic heterocycles. The average molecular weight is 314 g/mol. The molecule has 0 saturated heterocycles. The van der Waals surface area contributed by atoms with E-state index < -0.39 is 12.1 Å². The molecule has 2 rings (SSSR count). The molecule has 0 unspecified atom stereocenters. The molecule has 0 N–H and O–H groups in total. The number of hydrogen-bond donors (Lipinski definition) is 0. The van der Waals surface area contributed by atoms with Crippen LogP contribution in [-0.2, 0) is 16.0 Å². The Bertz CT molecular complexity index is 585. The van der Waals surface area contributed by atoms with Crippen molar-refractivity contribution in [2.45, 2.75) is 26.7 Å². The average Bonchev–Trinajstić information content (AvgIpc) is 2.92. The lowest BCUT2D eigenvalue weighted by Crippen LogP contribution is -2.09. The molecule has 0 fully saturated rings. The Balaban J connectivity index is 2.14. The second-order valence-corrected chi connectivity index (χ2v) is 4.67. The lowest BCUT2D eigenvalue weighted by molar-refractivity contribution is -0.142. The zero-order chi connectivity index (χ0) is 15.2. The summed E-state index contributed by atoms with van der Waals surface area (Å²) in [4.78, 5) is 0. The monoisotopic (exact) mass is 313 g/mol. The Labute approximate surface area is 127 Å². The predicted octanol–water partition coefficient (Wildman–Crippen LogP) is 3.19. The molecule has 0 bridgehead atoms. The van der Waals surface area contributed by atoms with E-state index in [0.29, 0.717) is 31.0 Å². The van der Waals surface area contributed by atoms with Crippen molar-refractivity contribution in [3.63, 3.8) is 0 Å². The van der Waals surface area contributed by atoms with E-state index in [1.165, 1.54) is 6.07 Å². The highest BCUT2D eigenvalue weighted by molar-refractivity contribution is 6.31. The van der Waals surface area contributed by atoms with Gasteiger partial charge in [-0.15, -0.1) is 5.10 Å². The number of rotatable bonds is 7. The van der Waals surface area contributed by atoms with Crippen molar-refractivity contribution in [2.75, 3.05) is 13.2 Å². The highest BCUT2D eigenvalue weighted by Crippen LogP contribution is 2.21. The van der Waals surface area contributed by atoms with Gasteiger partial charge in [0, 0.05) is 13.2 Å². The summed E-state index contributed by atoms with van der Waals surface area (Å²) in [5.41, 5.74) is 1.21. The highest BCUT2D eigenvalue weighted by Gasteiger charge is 2.16. The number of aromatic nitrogens is 3. The molecule has 7 heteroatoms. The summed E-state index contributed by atoms with van der Waals surface area (Å²) in [6.45, 7) is 5.10. The molecule has 1 heterocycles. The van der Waals surface area contributed by atoms with Crippen molar-refractivity contribution in [3.05, 3.63) is 46.5 Å². The quantitative estimate of drug-likeness (QED) is 0.737. The van der Waals surface area contributed by atoms with E-state index in [-0.39, 0.29) is 5.02 Å². The molecular weight excluding hydrogens is 297 g/mol. The molecule has 0 saturated carbocycles. The van der Waals surface area contributed by atoms with Gasteiger partial charge in [0.2, 0.25) is 6.29 Å². The van der Waals surface area contributed by atoms with Crippen molar-refractivity contribution in [1.29, 1.82) is 0 Å². The molecule has 0 amide bonds. The van der Waals surface area contributed by atoms with E-state index in [9.17, 15) is 4.39 Å². The van der Waals surface area contributed by atoms with Crippen LogP contribution in [0.15, 0.2) is 24.4 Å². The van der Waals surface area contributed by atoms with Gasteiger partial charge in [0.15, 0.2) is 0 Å². The molecule has 0 atom stereocenters. The molecule has 0 spiro atoms. The fourth-order valence-corrected chi connectivity index (χ4v) is 2.05. The largest absolute Gasteiger partial charge is 0.347 e. The minimum Gasteiger partial charge on any atom is -0.347 e. The van der Waals surface area contributed by atoms with Gasteiger partial charge in [0.25, 0.3) is 0 Å². The van der Waals surface area contributed by atoms with Crippen molar-refractivity contribution in [3.8, 4) is 0 Å². The minimum atomic E-state index is -0.545. The lowest BCUT2D eigenvalue weighted by atomic mass is 10.2. The van der Waals surface area contributed by atoms with Crippen LogP contribution in [0.1, 0.15) is 31.4 Å². The number of hydrogen-bond acceptors (Lipinski definition) is 4. The molecule has 5 nitrogen and oxygen atoms in total. The standard InChI is InChI=1S/C14H17ClFN3O2/c1-3-20-14(21-4-2)12-9-19(18-17-12)8-10-6-5-7-11(16)13(10)15/h5-7,9,14H,3-4,8H2,1-2H3. The number of halogens is 2. The van der Waals surface area contributed by atoms with Gasteiger partial charge >= 0.3 is 0 Å². The second-order valence-electron chi connectivity index (χ2n) is 4.30. The van der Waals surface area contributed by atoms with Crippen LogP contribution < -0.4 is 0 Å². The SMILES string of the molecule is CCOC(OCC)c1cn(Cc2cccc(F)c2Cl)nn1. The maximum absolute atomic E-state index is 13.4. The first-order valence-electron chi connectivity index (χ1n) is 6.71. The maximum Gasteiger partial charge on any atom is 0.204 e. The summed E-state index contributed by atoms with van der Waals surface area (Å²) >= 11 is 5.93. The summed E-state index contributed by atoms with van der Waals surface area (Å²) in [6.07, 6.45) is 1.16. The van der Waals surface area contributed by atoms with Crippen LogP contribution >= 0.6 is 11.6 Å². The summed E-state index contributed by atoms with van der Waals surface area (Å²) in [5.74, 6) is -0.448. The zero-order valence-corrected chi connectivity index (χ0v) is 12.7. The summed E-state index contributed by atoms with van der Waals surface area (Å²) in [6, 6.07) is 4.67. The summed E-state index contributed by atoms with van der Waals surface area (Å²) in [7, 11) is 0. The third-order valence-electron chi connectivity index (χ3n) is 2.80. The molecule has 114 valence electrons. The molecule has 1 aromatic carbocycles. The third-order valence-corrected chi connectivity index (χ3v) is 3.22.